The number of amides is 1. The molecule has 8 heteroatoms. The number of hydrogen-bond donors (Lipinski definition) is 1. The molecule has 0 bridgehead atoms. The normalized spacial score (nSPS) is 11.4. The number of hydrogen-bond acceptors (Lipinski definition) is 6. The number of ether oxygens (including phenoxy) is 2. The Balaban J connectivity index is 2.28. The van der Waals surface area contributed by atoms with E-state index in [1.807, 2.05) is 6.07 Å². The average Bonchev–Trinajstić information content (AvgIpc) is 2.80. The predicted octanol–water partition coefficient (Wildman–Crippen LogP) is 2.07. The minimum atomic E-state index is -1.12. The lowest BCUT2D eigenvalue weighted by atomic mass is 10.0. The van der Waals surface area contributed by atoms with Gasteiger partial charge in [-0.25, -0.2) is 0 Å². The fourth-order valence-corrected chi connectivity index (χ4v) is 3.45. The SMILES string of the molecule is COC(=O)CNC(=O)C(c1ccc(OC)cc1)n1c(=O)c(C#N)c(C)c2ccccc21. The molecule has 0 radical (unpaired) electrons. The summed E-state index contributed by atoms with van der Waals surface area (Å²) >= 11 is 0. The summed E-state index contributed by atoms with van der Waals surface area (Å²) in [6.45, 7) is 1.35. The number of carbonyl (C=O) groups excluding carboxylic acids is 2. The van der Waals surface area contributed by atoms with Gasteiger partial charge in [0.05, 0.1) is 19.7 Å². The Morgan fingerprint density at radius 1 is 1.13 bits per heavy atom. The molecule has 1 N–H and O–H groups in total. The Bertz CT molecular complexity index is 1240. The summed E-state index contributed by atoms with van der Waals surface area (Å²) in [5, 5.41) is 12.8. The molecule has 1 amide bonds. The lowest BCUT2D eigenvalue weighted by molar-refractivity contribution is -0.141. The van der Waals surface area contributed by atoms with Gasteiger partial charge in [-0.1, -0.05) is 30.3 Å². The first-order valence-corrected chi connectivity index (χ1v) is 9.45. The van der Waals surface area contributed by atoms with E-state index in [-0.39, 0.29) is 12.1 Å². The summed E-state index contributed by atoms with van der Waals surface area (Å²) in [7, 11) is 2.74. The number of pyridine rings is 1. The fraction of sp³-hybridized carbons (Fsp3) is 0.217. The second-order valence-corrected chi connectivity index (χ2v) is 6.77. The monoisotopic (exact) mass is 419 g/mol. The number of nitrogens with one attached hydrogen (secondary N) is 1. The van der Waals surface area contributed by atoms with Crippen LogP contribution in [0.3, 0.4) is 0 Å². The number of aryl methyl sites for hydroxylation is 1. The number of benzene rings is 2. The molecule has 0 aliphatic rings. The van der Waals surface area contributed by atoms with Crippen molar-refractivity contribution in [1.82, 2.24) is 9.88 Å². The maximum absolute atomic E-state index is 13.3. The van der Waals surface area contributed by atoms with Crippen molar-refractivity contribution in [3.8, 4) is 11.8 Å². The van der Waals surface area contributed by atoms with Crippen molar-refractivity contribution >= 4 is 22.8 Å². The lowest BCUT2D eigenvalue weighted by Gasteiger charge is -2.23. The zero-order valence-corrected chi connectivity index (χ0v) is 17.3. The number of para-hydroxylation sites is 1. The predicted molar refractivity (Wildman–Crippen MR) is 114 cm³/mol. The second kappa shape index (κ2) is 9.13. The number of rotatable bonds is 6. The van der Waals surface area contributed by atoms with E-state index in [4.69, 9.17) is 4.74 Å². The third-order valence-electron chi connectivity index (χ3n) is 5.06. The van der Waals surface area contributed by atoms with Gasteiger partial charge in [0.1, 0.15) is 30.0 Å². The summed E-state index contributed by atoms with van der Waals surface area (Å²) in [4.78, 5) is 38.1. The van der Waals surface area contributed by atoms with Crippen molar-refractivity contribution in [2.24, 2.45) is 0 Å². The maximum atomic E-state index is 13.3. The van der Waals surface area contributed by atoms with E-state index in [9.17, 15) is 19.6 Å². The van der Waals surface area contributed by atoms with E-state index in [0.717, 1.165) is 0 Å². The molecule has 0 aliphatic heterocycles. The molecule has 0 spiro atoms. The molecule has 1 heterocycles. The van der Waals surface area contributed by atoms with E-state index in [2.05, 4.69) is 10.1 Å². The van der Waals surface area contributed by atoms with Crippen LogP contribution in [0.2, 0.25) is 0 Å². The molecule has 31 heavy (non-hydrogen) atoms. The summed E-state index contributed by atoms with van der Waals surface area (Å²) in [5.74, 6) is -0.632. The molecular formula is C23H21N3O5. The minimum Gasteiger partial charge on any atom is -0.497 e. The van der Waals surface area contributed by atoms with Crippen molar-refractivity contribution in [3.63, 3.8) is 0 Å². The van der Waals surface area contributed by atoms with Crippen LogP contribution in [0.5, 0.6) is 5.75 Å². The molecule has 2 aromatic carbocycles. The lowest BCUT2D eigenvalue weighted by Crippen LogP contribution is -2.41. The summed E-state index contributed by atoms with van der Waals surface area (Å²) in [6, 6.07) is 14.6. The Morgan fingerprint density at radius 2 is 1.81 bits per heavy atom. The van der Waals surface area contributed by atoms with Gasteiger partial charge < -0.3 is 14.8 Å². The molecule has 0 fully saturated rings. The zero-order chi connectivity index (χ0) is 22.5. The topological polar surface area (TPSA) is 110 Å². The van der Waals surface area contributed by atoms with Crippen LogP contribution in [0.25, 0.3) is 10.9 Å². The van der Waals surface area contributed by atoms with E-state index < -0.39 is 23.5 Å². The zero-order valence-electron chi connectivity index (χ0n) is 17.3. The van der Waals surface area contributed by atoms with Gasteiger partial charge >= 0.3 is 5.97 Å². The van der Waals surface area contributed by atoms with Gasteiger partial charge in [-0.15, -0.1) is 0 Å². The average molecular weight is 419 g/mol. The van der Waals surface area contributed by atoms with Crippen LogP contribution in [0, 0.1) is 18.3 Å². The maximum Gasteiger partial charge on any atom is 0.325 e. The van der Waals surface area contributed by atoms with Crippen LogP contribution in [0.1, 0.15) is 22.7 Å². The molecule has 1 aromatic heterocycles. The van der Waals surface area contributed by atoms with Crippen molar-refractivity contribution in [1.29, 1.82) is 5.26 Å². The molecule has 1 unspecified atom stereocenters. The molecule has 1 atom stereocenters. The Hall–Kier alpha value is -4.12. The minimum absolute atomic E-state index is 0.0435. The van der Waals surface area contributed by atoms with Gasteiger partial charge in [-0.05, 0) is 36.2 Å². The largest absolute Gasteiger partial charge is 0.497 e. The van der Waals surface area contributed by atoms with Crippen LogP contribution >= 0.6 is 0 Å². The summed E-state index contributed by atoms with van der Waals surface area (Å²) in [6.07, 6.45) is 0. The second-order valence-electron chi connectivity index (χ2n) is 6.77. The molecule has 0 aliphatic carbocycles. The Kier molecular flexibility index (Phi) is 6.36. The molecule has 3 aromatic rings. The quantitative estimate of drug-likeness (QED) is 0.613. The van der Waals surface area contributed by atoms with E-state index >= 15 is 0 Å². The van der Waals surface area contributed by atoms with Crippen LogP contribution < -0.4 is 15.6 Å². The Morgan fingerprint density at radius 3 is 2.42 bits per heavy atom. The van der Waals surface area contributed by atoms with Gasteiger partial charge in [0.25, 0.3) is 5.56 Å². The van der Waals surface area contributed by atoms with E-state index in [1.54, 1.807) is 55.5 Å². The number of aromatic nitrogens is 1. The number of nitrogens with zero attached hydrogens (tertiary/aromatic N) is 2. The highest BCUT2D eigenvalue weighted by Crippen LogP contribution is 2.27. The third kappa shape index (κ3) is 4.12. The summed E-state index contributed by atoms with van der Waals surface area (Å²) < 4.78 is 11.1. The van der Waals surface area contributed by atoms with Gasteiger partial charge in [0.15, 0.2) is 0 Å². The number of nitriles is 1. The van der Waals surface area contributed by atoms with Gasteiger partial charge in [0.2, 0.25) is 5.91 Å². The van der Waals surface area contributed by atoms with Crippen LogP contribution in [0.4, 0.5) is 0 Å². The molecule has 0 saturated heterocycles. The van der Waals surface area contributed by atoms with Crippen LogP contribution in [-0.2, 0) is 14.3 Å². The van der Waals surface area contributed by atoms with Crippen molar-refractivity contribution in [2.75, 3.05) is 20.8 Å². The van der Waals surface area contributed by atoms with Crippen molar-refractivity contribution < 1.29 is 19.1 Å². The number of carbonyl (C=O) groups is 2. The first-order valence-electron chi connectivity index (χ1n) is 9.45. The summed E-state index contributed by atoms with van der Waals surface area (Å²) in [5.41, 5.74) is 0.898. The third-order valence-corrected chi connectivity index (χ3v) is 5.06. The van der Waals surface area contributed by atoms with Crippen molar-refractivity contribution in [2.45, 2.75) is 13.0 Å². The van der Waals surface area contributed by atoms with Gasteiger partial charge in [0, 0.05) is 5.39 Å². The first-order chi connectivity index (χ1) is 14.9. The molecular weight excluding hydrogens is 398 g/mol. The van der Waals surface area contributed by atoms with E-state index in [0.29, 0.717) is 27.8 Å². The highest BCUT2D eigenvalue weighted by Gasteiger charge is 2.28. The number of methoxy groups -OCH3 is 2. The van der Waals surface area contributed by atoms with Crippen molar-refractivity contribution in [3.05, 3.63) is 75.6 Å². The smallest absolute Gasteiger partial charge is 0.325 e. The highest BCUT2D eigenvalue weighted by atomic mass is 16.5. The standard InChI is InChI=1S/C23H21N3O5/c1-14-17-6-4-5-7-19(17)26(23(29)18(14)12-24)21(22(28)25-13-20(27)31-3)15-8-10-16(30-2)11-9-15/h4-11,21H,13H2,1-3H3,(H,25,28). The fourth-order valence-electron chi connectivity index (χ4n) is 3.45. The van der Waals surface area contributed by atoms with Gasteiger partial charge in [-0.3, -0.25) is 19.0 Å². The number of fused-ring (bicyclic) bond motifs is 1. The Labute approximate surface area is 178 Å². The molecule has 3 rings (SSSR count). The number of esters is 1. The molecule has 158 valence electrons. The van der Waals surface area contributed by atoms with Crippen LogP contribution in [0.15, 0.2) is 53.3 Å². The van der Waals surface area contributed by atoms with Crippen LogP contribution in [-0.4, -0.2) is 37.2 Å². The van der Waals surface area contributed by atoms with E-state index in [1.165, 1.54) is 18.8 Å². The highest BCUT2D eigenvalue weighted by molar-refractivity contribution is 5.90. The van der Waals surface area contributed by atoms with Gasteiger partial charge in [-0.2, -0.15) is 5.26 Å². The first kappa shape index (κ1) is 21.6. The molecule has 8 nitrogen and oxygen atoms in total. The molecule has 0 saturated carbocycles.